The molecular formula is C84H106I3N5O25. The van der Waals surface area contributed by atoms with Gasteiger partial charge in [0, 0.05) is 82.8 Å². The van der Waals surface area contributed by atoms with Crippen LogP contribution in [0.3, 0.4) is 0 Å². The highest BCUT2D eigenvalue weighted by Crippen LogP contribution is 2.57. The highest BCUT2D eigenvalue weighted by molar-refractivity contribution is 14.1. The zero-order valence-corrected chi connectivity index (χ0v) is 67.6. The fraction of sp³-hybridized carbons (Fsp3) is 0.583. The lowest BCUT2D eigenvalue weighted by Gasteiger charge is -2.37. The van der Waals surface area contributed by atoms with Gasteiger partial charge in [0.15, 0.2) is 88.0 Å². The fourth-order valence-electron chi connectivity index (χ4n) is 16.9. The molecule has 5 amide bonds. The lowest BCUT2D eigenvalue weighted by atomic mass is 9.93. The number of allylic oxidation sites excluding steroid dienone is 5. The van der Waals surface area contributed by atoms with Crippen molar-refractivity contribution in [1.82, 2.24) is 24.5 Å². The van der Waals surface area contributed by atoms with Crippen LogP contribution in [0, 0.1) is 24.7 Å². The molecule has 8 saturated heterocycles. The summed E-state index contributed by atoms with van der Waals surface area (Å²) in [6.07, 6.45) is 30.3. The van der Waals surface area contributed by atoms with Crippen molar-refractivity contribution < 1.29 is 120 Å². The number of carbonyl (C=O) groups is 10. The van der Waals surface area contributed by atoms with Crippen LogP contribution in [0.5, 0.6) is 0 Å². The summed E-state index contributed by atoms with van der Waals surface area (Å²) < 4.78 is 69.1. The zero-order valence-electron chi connectivity index (χ0n) is 61.2. The number of terminal acetylenes is 2. The number of fused-ring (bicyclic) bond motifs is 3. The van der Waals surface area contributed by atoms with Crippen molar-refractivity contribution in [2.45, 2.75) is 291 Å². The summed E-state index contributed by atoms with van der Waals surface area (Å²) in [5.41, 5.74) is 0.665. The summed E-state index contributed by atoms with van der Waals surface area (Å²) in [7, 11) is 0. The molecule has 13 heterocycles. The number of aliphatic hydroxyl groups is 4. The van der Waals surface area contributed by atoms with E-state index in [1.807, 2.05) is 29.5 Å². The maximum Gasteiger partial charge on any atom is 0.237 e. The Balaban J connectivity index is 0.000000201. The number of carbonyl (C=O) groups excluding carboxylic acids is 10. The van der Waals surface area contributed by atoms with E-state index in [0.717, 1.165) is 92.9 Å². The Bertz CT molecular complexity index is 4130. The lowest BCUT2D eigenvalue weighted by Crippen LogP contribution is -2.54. The van der Waals surface area contributed by atoms with E-state index in [0.29, 0.717) is 19.7 Å². The molecule has 3 aliphatic carbocycles. The van der Waals surface area contributed by atoms with Gasteiger partial charge in [0.2, 0.25) is 47.0 Å². The number of hydrogen-bond donors (Lipinski definition) is 4. The van der Waals surface area contributed by atoms with Crippen LogP contribution >= 0.6 is 67.8 Å². The standard InChI is InChI=1S/C18H20INO5.C18H21NO5.C17H18INO5.C13H14INO5.C13H13NO5.5CH4/c1-2-6-18-15(24-17(25-18)7-3-4-8-17)13(11-19)23-16(18)20-9-5-12(21)10-14(20)22;1-3-13-15-18(4-2,24-17(23-15)8-5-6-9-17)16(22-13)19-10-7-12(20)11-14(19)21;1-2-17-14(23-16(24-17)6-3-4-7-16)12(10-18)22-15(17)19-8-5-11(20)9-13(19)21;1-2-4-13(19)11(18)9(7-14)20-12(13)15-5-3-8(16)6-10(15)17;1-3-5-13(18)11(17)8(2)19-12(13)14-6-4-9(15)7-10(14)16;;;;;/h5-6,9,13,15-16H,1,3-4,7-8,10-11H2;2,7,10,13,15-16H,3,5-6,8-9,11H2,1H3;1,5,8,12,14-15H,3-4,6-7,9-10H2;3-5,9,11-12,18-19H,1,6-7H2;4-6,11-12,17-18H,1-2,7H2;5*1H4/t2*13-,15-,16-,18-;12-,14-,15-,17-;9-,11-,12-,13-;11-,12-,13-;;;;;/m11111...../s1. The molecule has 30 nitrogen and oxygen atoms in total. The maximum absolute atomic E-state index is 12.5. The van der Waals surface area contributed by atoms with Crippen LogP contribution in [-0.2, 0) is 100 Å². The van der Waals surface area contributed by atoms with Crippen molar-refractivity contribution in [1.29, 1.82) is 0 Å². The van der Waals surface area contributed by atoms with Crippen LogP contribution in [0.1, 0.15) is 160 Å². The van der Waals surface area contributed by atoms with Crippen molar-refractivity contribution in [2.24, 2.45) is 0 Å². The minimum atomic E-state index is -1.90. The molecule has 16 rings (SSSR count). The summed E-state index contributed by atoms with van der Waals surface area (Å²) in [6.45, 7) is 15.9. The van der Waals surface area contributed by atoms with E-state index in [1.165, 1.54) is 82.2 Å². The van der Waals surface area contributed by atoms with Gasteiger partial charge in [-0.05, 0) is 93.6 Å². The normalized spacial score (nSPS) is 36.8. The van der Waals surface area contributed by atoms with Gasteiger partial charge in [-0.15, -0.1) is 30.0 Å². The molecule has 0 aromatic heterocycles. The molecule has 3 saturated carbocycles. The van der Waals surface area contributed by atoms with E-state index >= 15 is 0 Å². The van der Waals surface area contributed by atoms with E-state index in [9.17, 15) is 68.4 Å². The third-order valence-electron chi connectivity index (χ3n) is 22.2. The Morgan fingerprint density at radius 3 is 1.11 bits per heavy atom. The predicted molar refractivity (Wildman–Crippen MR) is 448 cm³/mol. The van der Waals surface area contributed by atoms with E-state index in [4.69, 9.17) is 65.0 Å². The van der Waals surface area contributed by atoms with Crippen LogP contribution < -0.4 is 0 Å². The van der Waals surface area contributed by atoms with E-state index < -0.39 is 119 Å². The van der Waals surface area contributed by atoms with Crippen LogP contribution in [-0.4, -0.2) is 248 Å². The van der Waals surface area contributed by atoms with E-state index in [2.05, 4.69) is 101 Å². The molecule has 0 aromatic rings. The minimum Gasteiger partial charge on any atom is -0.469 e. The number of ether oxygens (including phenoxy) is 11. The molecule has 0 unspecified atom stereocenters. The van der Waals surface area contributed by atoms with Gasteiger partial charge in [-0.2, -0.15) is 0 Å². The average molecular weight is 1970 g/mol. The summed E-state index contributed by atoms with van der Waals surface area (Å²) in [5, 5.41) is 41.1. The van der Waals surface area contributed by atoms with Crippen molar-refractivity contribution in [2.75, 3.05) is 13.3 Å². The monoisotopic (exact) mass is 1970 g/mol. The first-order valence-electron chi connectivity index (χ1n) is 36.7. The van der Waals surface area contributed by atoms with Gasteiger partial charge in [0.1, 0.15) is 36.3 Å². The number of ketones is 5. The molecule has 638 valence electrons. The topological polar surface area (TPSA) is 369 Å². The molecule has 0 bridgehead atoms. The van der Waals surface area contributed by atoms with Crippen molar-refractivity contribution >= 4 is 126 Å². The Hall–Kier alpha value is -6.75. The molecule has 0 radical (unpaired) electrons. The number of halogens is 3. The molecule has 3 spiro atoms. The molecule has 4 N–H and O–H groups in total. The first-order chi connectivity index (χ1) is 53.4. The van der Waals surface area contributed by atoms with Crippen LogP contribution in [0.4, 0.5) is 0 Å². The van der Waals surface area contributed by atoms with Gasteiger partial charge in [-0.3, -0.25) is 72.4 Å². The smallest absolute Gasteiger partial charge is 0.237 e. The van der Waals surface area contributed by atoms with Gasteiger partial charge in [0.05, 0.1) is 56.5 Å². The Morgan fingerprint density at radius 1 is 0.444 bits per heavy atom. The van der Waals surface area contributed by atoms with Gasteiger partial charge in [-0.1, -0.05) is 150 Å². The molecule has 16 aliphatic rings. The second-order valence-corrected chi connectivity index (χ2v) is 32.0. The number of alkyl halides is 3. The van der Waals surface area contributed by atoms with Gasteiger partial charge >= 0.3 is 0 Å². The summed E-state index contributed by atoms with van der Waals surface area (Å²) >= 11 is 6.50. The van der Waals surface area contributed by atoms with Gasteiger partial charge in [-0.25, -0.2) is 0 Å². The van der Waals surface area contributed by atoms with Crippen LogP contribution in [0.2, 0.25) is 0 Å². The Kier molecular flexibility index (Phi) is 32.4. The van der Waals surface area contributed by atoms with Crippen LogP contribution in [0.15, 0.2) is 129 Å². The first kappa shape index (κ1) is 97.4. The minimum absolute atomic E-state index is 0. The predicted octanol–water partition coefficient (Wildman–Crippen LogP) is 7.92. The average Bonchev–Trinajstić information content (AvgIpc) is 1.55. The SMILES string of the molecule is C.C.C.C.C.C#C[C@@]12OC3(CCCC3)O[C@@H]1[C@@H](CC)O[C@H]2N1C=CC(=O)CC1=O.C#C[C@@]12OC3(CCCC3)O[C@@H]1[C@@H](CI)O[C@H]2N1C=CC(=O)CC1=O.C=C=C[C@@]1(O)[C@H](O)C(=C)O[C@H]1N1C=CC(=O)CC1=O.C=C=C[C@@]1(O)[C@H](O)[C@@H](CI)O[C@H]1N1C=CC(=O)CC1=O.C=C=C[C@@]12OC3(CCCC3)O[C@@H]1[C@@H](CI)O[C@H]2N1C=CC(=O)CC1=O. The third-order valence-corrected chi connectivity index (χ3v) is 24.8. The third kappa shape index (κ3) is 18.0. The number of rotatable bonds is 12. The largest absolute Gasteiger partial charge is 0.469 e. The van der Waals surface area contributed by atoms with E-state index in [-0.39, 0.29) is 146 Å². The van der Waals surface area contributed by atoms with Crippen molar-refractivity contribution in [3.05, 3.63) is 129 Å². The first-order valence-corrected chi connectivity index (χ1v) is 41.3. The number of aliphatic hydroxyl groups excluding tert-OH is 2. The number of nitrogens with zero attached hydrogens (tertiary/aromatic N) is 5. The molecule has 0 aromatic carbocycles. The molecular weight excluding hydrogens is 1860 g/mol. The fourth-order valence-corrected chi connectivity index (χ4v) is 18.9. The molecule has 11 fully saturated rings. The second kappa shape index (κ2) is 39.0. The zero-order chi connectivity index (χ0) is 80.7. The highest BCUT2D eigenvalue weighted by Gasteiger charge is 2.73. The van der Waals surface area contributed by atoms with Crippen molar-refractivity contribution in [3.8, 4) is 24.7 Å². The van der Waals surface area contributed by atoms with Crippen LogP contribution in [0.25, 0.3) is 0 Å². The molecule has 117 heavy (non-hydrogen) atoms. The van der Waals surface area contributed by atoms with E-state index in [1.54, 1.807) is 6.08 Å². The van der Waals surface area contributed by atoms with Crippen molar-refractivity contribution in [3.63, 3.8) is 0 Å². The highest BCUT2D eigenvalue weighted by atomic mass is 127. The quantitative estimate of drug-likeness (QED) is 0.0473. The second-order valence-electron chi connectivity index (χ2n) is 29.4. The summed E-state index contributed by atoms with van der Waals surface area (Å²) in [5.74, 6) is 0.226. The number of hydrogen-bond acceptors (Lipinski definition) is 25. The molecule has 19 atom stereocenters. The molecule has 33 heteroatoms. The molecule has 13 aliphatic heterocycles. The van der Waals surface area contributed by atoms with Gasteiger partial charge < -0.3 is 72.5 Å². The maximum atomic E-state index is 12.5. The van der Waals surface area contributed by atoms with Gasteiger partial charge in [0.25, 0.3) is 0 Å². The summed E-state index contributed by atoms with van der Waals surface area (Å²) in [6, 6.07) is 0. The Labute approximate surface area is 723 Å². The Morgan fingerprint density at radius 2 is 0.752 bits per heavy atom. The summed E-state index contributed by atoms with van der Waals surface area (Å²) in [4.78, 5) is 124. The number of amides is 5. The lowest BCUT2D eigenvalue weighted by molar-refractivity contribution is -0.228.